The number of anilines is 1. The van der Waals surface area contributed by atoms with Gasteiger partial charge >= 0.3 is 0 Å². The van der Waals surface area contributed by atoms with Gasteiger partial charge in [-0.1, -0.05) is 29.0 Å². The van der Waals surface area contributed by atoms with Gasteiger partial charge in [0, 0.05) is 31.0 Å². The van der Waals surface area contributed by atoms with Crippen LogP contribution in [0.25, 0.3) is 10.2 Å². The fourth-order valence-electron chi connectivity index (χ4n) is 4.42. The fraction of sp³-hybridized carbons (Fsp3) is 0.364. The molecule has 4 nitrogen and oxygen atoms in total. The number of piperidine rings is 1. The monoisotopic (exact) mass is 412 g/mol. The zero-order chi connectivity index (χ0) is 19.5. The van der Waals surface area contributed by atoms with E-state index in [4.69, 9.17) is 21.3 Å². The molecule has 0 unspecified atom stereocenters. The highest BCUT2D eigenvalue weighted by Gasteiger charge is 2.43. The molecule has 2 aliphatic heterocycles. The SMILES string of the molecule is Cc1cc(C)c2c(c1)OC1(CCN(c3nc4ccc(Cl)cc4s3)CC1)CC2=O. The number of aromatic nitrogens is 1. The predicted octanol–water partition coefficient (Wildman–Crippen LogP) is 5.57. The number of nitrogens with zero attached hydrogens (tertiary/aromatic N) is 2. The van der Waals surface area contributed by atoms with Gasteiger partial charge < -0.3 is 9.64 Å². The van der Waals surface area contributed by atoms with Crippen molar-refractivity contribution in [3.63, 3.8) is 0 Å². The van der Waals surface area contributed by atoms with Crippen LogP contribution in [0.15, 0.2) is 30.3 Å². The first kappa shape index (κ1) is 18.0. The van der Waals surface area contributed by atoms with Gasteiger partial charge in [-0.25, -0.2) is 4.98 Å². The molecule has 0 radical (unpaired) electrons. The minimum absolute atomic E-state index is 0.210. The van der Waals surface area contributed by atoms with Crippen LogP contribution in [0.4, 0.5) is 5.13 Å². The molecule has 3 heterocycles. The van der Waals surface area contributed by atoms with Crippen molar-refractivity contribution in [3.05, 3.63) is 52.0 Å². The fourth-order valence-corrected chi connectivity index (χ4v) is 5.72. The first-order chi connectivity index (χ1) is 13.4. The van der Waals surface area contributed by atoms with E-state index in [1.807, 2.05) is 38.1 Å². The Labute approximate surface area is 173 Å². The second kappa shape index (κ2) is 6.46. The average Bonchev–Trinajstić information content (AvgIpc) is 3.04. The molecular weight excluding hydrogens is 392 g/mol. The third kappa shape index (κ3) is 2.97. The molecule has 3 aromatic rings. The lowest BCUT2D eigenvalue weighted by Gasteiger charge is -2.44. The number of halogens is 1. The lowest BCUT2D eigenvalue weighted by molar-refractivity contribution is 0.0230. The summed E-state index contributed by atoms with van der Waals surface area (Å²) in [6.07, 6.45) is 2.11. The van der Waals surface area contributed by atoms with E-state index in [0.29, 0.717) is 6.42 Å². The Balaban J connectivity index is 1.38. The first-order valence-corrected chi connectivity index (χ1v) is 10.8. The van der Waals surface area contributed by atoms with Gasteiger partial charge in [-0.15, -0.1) is 0 Å². The van der Waals surface area contributed by atoms with Crippen LogP contribution >= 0.6 is 22.9 Å². The summed E-state index contributed by atoms with van der Waals surface area (Å²) in [6.45, 7) is 5.71. The molecule has 0 atom stereocenters. The standard InChI is InChI=1S/C22H21ClN2O2S/c1-13-9-14(2)20-17(26)12-22(27-18(20)10-13)5-7-25(8-6-22)21-24-16-4-3-15(23)11-19(16)28-21/h3-4,9-11H,5-8,12H2,1-2H3. The molecule has 0 aliphatic carbocycles. The number of rotatable bonds is 1. The molecule has 0 bridgehead atoms. The Morgan fingerprint density at radius 1 is 1.18 bits per heavy atom. The van der Waals surface area contributed by atoms with E-state index in [2.05, 4.69) is 11.0 Å². The summed E-state index contributed by atoms with van der Waals surface area (Å²) in [5.41, 5.74) is 3.50. The smallest absolute Gasteiger partial charge is 0.186 e. The summed E-state index contributed by atoms with van der Waals surface area (Å²) in [5, 5.41) is 1.75. The number of hydrogen-bond donors (Lipinski definition) is 0. The Bertz CT molecular complexity index is 1100. The topological polar surface area (TPSA) is 42.4 Å². The van der Waals surface area contributed by atoms with Gasteiger partial charge in [-0.05, 0) is 49.2 Å². The van der Waals surface area contributed by atoms with Crippen LogP contribution in [0, 0.1) is 13.8 Å². The van der Waals surface area contributed by atoms with Crippen molar-refractivity contribution in [3.8, 4) is 5.75 Å². The highest BCUT2D eigenvalue weighted by Crippen LogP contribution is 2.42. The molecule has 2 aromatic carbocycles. The van der Waals surface area contributed by atoms with Crippen molar-refractivity contribution in [2.24, 2.45) is 0 Å². The Morgan fingerprint density at radius 2 is 1.96 bits per heavy atom. The predicted molar refractivity (Wildman–Crippen MR) is 114 cm³/mol. The van der Waals surface area contributed by atoms with Gasteiger partial charge in [0.05, 0.1) is 22.2 Å². The summed E-state index contributed by atoms with van der Waals surface area (Å²) in [5.74, 6) is 0.971. The summed E-state index contributed by atoms with van der Waals surface area (Å²) in [4.78, 5) is 19.9. The third-order valence-electron chi connectivity index (χ3n) is 5.82. The molecule has 5 rings (SSSR count). The molecule has 144 valence electrons. The lowest BCUT2D eigenvalue weighted by atomic mass is 9.81. The number of aryl methyl sites for hydroxylation is 2. The van der Waals surface area contributed by atoms with Gasteiger partial charge in [0.2, 0.25) is 0 Å². The van der Waals surface area contributed by atoms with E-state index in [0.717, 1.165) is 68.7 Å². The number of ether oxygens (including phenoxy) is 1. The molecule has 1 saturated heterocycles. The van der Waals surface area contributed by atoms with Crippen LogP contribution in [-0.2, 0) is 0 Å². The first-order valence-electron chi connectivity index (χ1n) is 9.57. The minimum atomic E-state index is -0.388. The highest BCUT2D eigenvalue weighted by atomic mass is 35.5. The maximum Gasteiger partial charge on any atom is 0.186 e. The number of carbonyl (C=O) groups is 1. The van der Waals surface area contributed by atoms with Gasteiger partial charge in [0.1, 0.15) is 11.4 Å². The van der Waals surface area contributed by atoms with Gasteiger partial charge in [-0.3, -0.25) is 4.79 Å². The summed E-state index contributed by atoms with van der Waals surface area (Å²) >= 11 is 7.77. The third-order valence-corrected chi connectivity index (χ3v) is 7.13. The van der Waals surface area contributed by atoms with Crippen LogP contribution in [0.3, 0.4) is 0 Å². The quantitative estimate of drug-likeness (QED) is 0.524. The molecule has 0 saturated carbocycles. The summed E-state index contributed by atoms with van der Waals surface area (Å²) in [7, 11) is 0. The van der Waals surface area contributed by atoms with Gasteiger partial charge in [0.15, 0.2) is 10.9 Å². The minimum Gasteiger partial charge on any atom is -0.486 e. The second-order valence-electron chi connectivity index (χ2n) is 7.94. The number of carbonyl (C=O) groups excluding carboxylic acids is 1. The highest BCUT2D eigenvalue weighted by molar-refractivity contribution is 7.22. The van der Waals surface area contributed by atoms with E-state index in [9.17, 15) is 4.79 Å². The molecule has 2 aliphatic rings. The largest absolute Gasteiger partial charge is 0.486 e. The van der Waals surface area contributed by atoms with Crippen molar-refractivity contribution in [2.75, 3.05) is 18.0 Å². The van der Waals surface area contributed by atoms with Gasteiger partial charge in [-0.2, -0.15) is 0 Å². The van der Waals surface area contributed by atoms with Crippen LogP contribution in [0.5, 0.6) is 5.75 Å². The summed E-state index contributed by atoms with van der Waals surface area (Å²) in [6, 6.07) is 9.87. The van der Waals surface area contributed by atoms with E-state index < -0.39 is 0 Å². The Kier molecular flexibility index (Phi) is 4.14. The molecule has 1 spiro atoms. The zero-order valence-electron chi connectivity index (χ0n) is 15.9. The van der Waals surface area contributed by atoms with E-state index in [1.165, 1.54) is 0 Å². The van der Waals surface area contributed by atoms with Crippen LogP contribution in [0.2, 0.25) is 5.02 Å². The lowest BCUT2D eigenvalue weighted by Crippen LogP contribution is -2.51. The number of fused-ring (bicyclic) bond motifs is 2. The van der Waals surface area contributed by atoms with Crippen molar-refractivity contribution < 1.29 is 9.53 Å². The van der Waals surface area contributed by atoms with E-state index in [1.54, 1.807) is 11.3 Å². The molecule has 1 fully saturated rings. The zero-order valence-corrected chi connectivity index (χ0v) is 17.5. The number of Topliss-reactive ketones (excluding diaryl/α,β-unsaturated/α-hetero) is 1. The normalized spacial score (nSPS) is 18.4. The van der Waals surface area contributed by atoms with Crippen molar-refractivity contribution >= 4 is 44.1 Å². The molecule has 6 heteroatoms. The number of ketones is 1. The molecule has 1 aromatic heterocycles. The number of hydrogen-bond acceptors (Lipinski definition) is 5. The van der Waals surface area contributed by atoms with Crippen molar-refractivity contribution in [2.45, 2.75) is 38.7 Å². The molecular formula is C22H21ClN2O2S. The Hall–Kier alpha value is -2.11. The number of benzene rings is 2. The van der Waals surface area contributed by atoms with Crippen molar-refractivity contribution in [1.82, 2.24) is 4.98 Å². The maximum atomic E-state index is 12.9. The van der Waals surface area contributed by atoms with E-state index >= 15 is 0 Å². The number of thiazole rings is 1. The molecule has 28 heavy (non-hydrogen) atoms. The molecule has 0 amide bonds. The van der Waals surface area contributed by atoms with Crippen molar-refractivity contribution in [1.29, 1.82) is 0 Å². The van der Waals surface area contributed by atoms with Crippen LogP contribution < -0.4 is 9.64 Å². The van der Waals surface area contributed by atoms with Gasteiger partial charge in [0.25, 0.3) is 0 Å². The van der Waals surface area contributed by atoms with Crippen LogP contribution in [0.1, 0.15) is 40.7 Å². The summed E-state index contributed by atoms with van der Waals surface area (Å²) < 4.78 is 7.57. The molecule has 0 N–H and O–H groups in total. The Morgan fingerprint density at radius 3 is 2.75 bits per heavy atom. The second-order valence-corrected chi connectivity index (χ2v) is 9.38. The van der Waals surface area contributed by atoms with E-state index in [-0.39, 0.29) is 11.4 Å². The van der Waals surface area contributed by atoms with Crippen LogP contribution in [-0.4, -0.2) is 29.5 Å². The average molecular weight is 413 g/mol. The maximum absolute atomic E-state index is 12.9.